The summed E-state index contributed by atoms with van der Waals surface area (Å²) in [6.07, 6.45) is 4.56. The average molecular weight is 289 g/mol. The Labute approximate surface area is 119 Å². The lowest BCUT2D eigenvalue weighted by Crippen LogP contribution is -2.21. The average Bonchev–Trinajstić information content (AvgIpc) is 3.04. The number of aromatic amines is 1. The zero-order chi connectivity index (χ0) is 13.9. The maximum absolute atomic E-state index is 11.8. The summed E-state index contributed by atoms with van der Waals surface area (Å²) in [6, 6.07) is 1.87. The molecule has 3 aromatic rings. The van der Waals surface area contributed by atoms with Crippen LogP contribution < -0.4 is 10.9 Å². The van der Waals surface area contributed by atoms with E-state index >= 15 is 0 Å². The van der Waals surface area contributed by atoms with Gasteiger partial charge in [-0.3, -0.25) is 4.79 Å². The van der Waals surface area contributed by atoms with Gasteiger partial charge < -0.3 is 14.9 Å². The van der Waals surface area contributed by atoms with Crippen molar-refractivity contribution in [2.45, 2.75) is 13.0 Å². The van der Waals surface area contributed by atoms with Crippen molar-refractivity contribution in [3.63, 3.8) is 0 Å². The third-order valence-corrected chi connectivity index (χ3v) is 4.01. The van der Waals surface area contributed by atoms with Crippen LogP contribution in [0.2, 0.25) is 0 Å². The highest BCUT2D eigenvalue weighted by Gasteiger charge is 2.05. The molecule has 3 rings (SSSR count). The number of aryl methyl sites for hydroxylation is 1. The molecule has 0 aliphatic rings. The third-order valence-electron chi connectivity index (χ3n) is 3.10. The lowest BCUT2D eigenvalue weighted by Gasteiger charge is -2.04. The number of hydrogen-bond acceptors (Lipinski definition) is 5. The molecule has 6 nitrogen and oxygen atoms in total. The molecule has 20 heavy (non-hydrogen) atoms. The molecule has 7 heteroatoms. The molecular formula is C13H15N5OS. The molecule has 0 aromatic carbocycles. The van der Waals surface area contributed by atoms with Gasteiger partial charge >= 0.3 is 0 Å². The first kappa shape index (κ1) is 13.0. The predicted molar refractivity (Wildman–Crippen MR) is 78.9 cm³/mol. The highest BCUT2D eigenvalue weighted by molar-refractivity contribution is 7.17. The second-order valence-electron chi connectivity index (χ2n) is 4.53. The van der Waals surface area contributed by atoms with E-state index in [-0.39, 0.29) is 5.56 Å². The molecule has 0 spiro atoms. The largest absolute Gasteiger partial charge is 0.338 e. The normalized spacial score (nSPS) is 11.2. The number of nitrogens with one attached hydrogen (secondary N) is 2. The van der Waals surface area contributed by atoms with Gasteiger partial charge in [0.2, 0.25) is 0 Å². The van der Waals surface area contributed by atoms with Crippen molar-refractivity contribution < 1.29 is 0 Å². The molecule has 0 radical (unpaired) electrons. The Morgan fingerprint density at radius 1 is 1.50 bits per heavy atom. The number of hydrogen-bond donors (Lipinski definition) is 2. The molecule has 0 bridgehead atoms. The van der Waals surface area contributed by atoms with Crippen molar-refractivity contribution in [2.75, 3.05) is 6.54 Å². The van der Waals surface area contributed by atoms with Gasteiger partial charge in [0.05, 0.1) is 12.1 Å². The van der Waals surface area contributed by atoms with Gasteiger partial charge in [0, 0.05) is 32.4 Å². The van der Waals surface area contributed by atoms with Crippen LogP contribution in [0, 0.1) is 0 Å². The van der Waals surface area contributed by atoms with Gasteiger partial charge in [0.15, 0.2) is 0 Å². The maximum Gasteiger partial charge on any atom is 0.268 e. The van der Waals surface area contributed by atoms with E-state index in [4.69, 9.17) is 0 Å². The zero-order valence-corrected chi connectivity index (χ0v) is 11.9. The molecule has 0 fully saturated rings. The number of thiophene rings is 1. The summed E-state index contributed by atoms with van der Waals surface area (Å²) in [4.78, 5) is 23.3. The quantitative estimate of drug-likeness (QED) is 0.688. The maximum atomic E-state index is 11.8. The molecule has 0 saturated carbocycles. The standard InChI is InChI=1S/C13H15N5OS/c1-18-6-5-15-11(18)2-4-14-8-10-16-9-3-7-20-12(9)13(19)17-10/h3,5-7,14H,2,4,8H2,1H3,(H,16,17,19). The summed E-state index contributed by atoms with van der Waals surface area (Å²) in [5.41, 5.74) is 0.700. The fraction of sp³-hybridized carbons (Fsp3) is 0.308. The second kappa shape index (κ2) is 5.56. The summed E-state index contributed by atoms with van der Waals surface area (Å²) in [6.45, 7) is 1.34. The predicted octanol–water partition coefficient (Wildman–Crippen LogP) is 1.05. The zero-order valence-electron chi connectivity index (χ0n) is 11.1. The van der Waals surface area contributed by atoms with Crippen molar-refractivity contribution >= 4 is 21.6 Å². The smallest absolute Gasteiger partial charge is 0.268 e. The van der Waals surface area contributed by atoms with Crippen LogP contribution in [0.15, 0.2) is 28.6 Å². The van der Waals surface area contributed by atoms with E-state index in [1.165, 1.54) is 11.3 Å². The molecule has 0 aliphatic carbocycles. The van der Waals surface area contributed by atoms with Crippen LogP contribution in [0.3, 0.4) is 0 Å². The number of rotatable bonds is 5. The Balaban J connectivity index is 1.60. The fourth-order valence-electron chi connectivity index (χ4n) is 2.05. The van der Waals surface area contributed by atoms with E-state index in [0.29, 0.717) is 17.1 Å². The highest BCUT2D eigenvalue weighted by atomic mass is 32.1. The summed E-state index contributed by atoms with van der Waals surface area (Å²) in [7, 11) is 1.98. The Bertz CT molecular complexity index is 772. The molecule has 0 amide bonds. The number of nitrogens with zero attached hydrogens (tertiary/aromatic N) is 3. The minimum absolute atomic E-state index is 0.0640. The van der Waals surface area contributed by atoms with Crippen LogP contribution in [-0.4, -0.2) is 26.1 Å². The van der Waals surface area contributed by atoms with E-state index < -0.39 is 0 Å². The van der Waals surface area contributed by atoms with Gasteiger partial charge in [-0.05, 0) is 11.4 Å². The van der Waals surface area contributed by atoms with Crippen LogP contribution in [0.4, 0.5) is 0 Å². The number of fused-ring (bicyclic) bond motifs is 1. The lowest BCUT2D eigenvalue weighted by atomic mass is 10.4. The number of H-pyrrole nitrogens is 1. The first-order chi connectivity index (χ1) is 9.74. The van der Waals surface area contributed by atoms with Crippen LogP contribution >= 0.6 is 11.3 Å². The summed E-state index contributed by atoms with van der Waals surface area (Å²) < 4.78 is 2.68. The minimum Gasteiger partial charge on any atom is -0.338 e. The van der Waals surface area contributed by atoms with E-state index in [1.807, 2.05) is 29.3 Å². The van der Waals surface area contributed by atoms with Crippen molar-refractivity contribution in [1.82, 2.24) is 24.8 Å². The second-order valence-corrected chi connectivity index (χ2v) is 5.44. The third kappa shape index (κ3) is 2.63. The summed E-state index contributed by atoms with van der Waals surface area (Å²) in [5, 5.41) is 5.15. The minimum atomic E-state index is -0.0640. The highest BCUT2D eigenvalue weighted by Crippen LogP contribution is 2.13. The van der Waals surface area contributed by atoms with Gasteiger partial charge in [0.25, 0.3) is 5.56 Å². The molecule has 0 atom stereocenters. The first-order valence-corrected chi connectivity index (χ1v) is 7.25. The Morgan fingerprint density at radius 2 is 2.40 bits per heavy atom. The Morgan fingerprint density at radius 3 is 3.20 bits per heavy atom. The van der Waals surface area contributed by atoms with E-state index in [2.05, 4.69) is 20.3 Å². The van der Waals surface area contributed by atoms with Crippen molar-refractivity contribution in [2.24, 2.45) is 7.05 Å². The Kier molecular flexibility index (Phi) is 3.62. The van der Waals surface area contributed by atoms with E-state index in [1.54, 1.807) is 6.20 Å². The fourth-order valence-corrected chi connectivity index (χ4v) is 2.78. The van der Waals surface area contributed by atoms with Gasteiger partial charge in [-0.1, -0.05) is 0 Å². The first-order valence-electron chi connectivity index (χ1n) is 6.37. The molecular weight excluding hydrogens is 274 g/mol. The molecule has 3 aromatic heterocycles. The van der Waals surface area contributed by atoms with Gasteiger partial charge in [-0.25, -0.2) is 9.97 Å². The summed E-state index contributed by atoms with van der Waals surface area (Å²) >= 11 is 1.41. The van der Waals surface area contributed by atoms with E-state index in [9.17, 15) is 4.79 Å². The molecule has 0 aliphatic heterocycles. The topological polar surface area (TPSA) is 75.6 Å². The number of imidazole rings is 1. The molecule has 104 valence electrons. The van der Waals surface area contributed by atoms with Crippen LogP contribution in [0.1, 0.15) is 11.6 Å². The van der Waals surface area contributed by atoms with E-state index in [0.717, 1.165) is 24.3 Å². The molecule has 3 heterocycles. The van der Waals surface area contributed by atoms with Crippen LogP contribution in [-0.2, 0) is 20.0 Å². The van der Waals surface area contributed by atoms with Crippen LogP contribution in [0.5, 0.6) is 0 Å². The molecule has 2 N–H and O–H groups in total. The van der Waals surface area contributed by atoms with Crippen molar-refractivity contribution in [1.29, 1.82) is 0 Å². The monoisotopic (exact) mass is 289 g/mol. The van der Waals surface area contributed by atoms with Crippen molar-refractivity contribution in [3.8, 4) is 0 Å². The molecule has 0 unspecified atom stereocenters. The molecule has 0 saturated heterocycles. The van der Waals surface area contributed by atoms with Crippen molar-refractivity contribution in [3.05, 3.63) is 45.8 Å². The van der Waals surface area contributed by atoms with Gasteiger partial charge in [0.1, 0.15) is 16.3 Å². The Hall–Kier alpha value is -1.99. The van der Waals surface area contributed by atoms with Gasteiger partial charge in [-0.2, -0.15) is 0 Å². The van der Waals surface area contributed by atoms with Gasteiger partial charge in [-0.15, -0.1) is 11.3 Å². The number of aromatic nitrogens is 4. The SMILES string of the molecule is Cn1ccnc1CCNCc1nc2ccsc2c(=O)[nH]1. The lowest BCUT2D eigenvalue weighted by molar-refractivity contribution is 0.636. The van der Waals surface area contributed by atoms with Crippen LogP contribution in [0.25, 0.3) is 10.2 Å². The summed E-state index contributed by atoms with van der Waals surface area (Å²) in [5.74, 6) is 1.70.